The summed E-state index contributed by atoms with van der Waals surface area (Å²) in [6, 6.07) is 0. The number of carbonyl (C=O) groups excluding carboxylic acids is 1. The molecule has 1 aliphatic carbocycles. The van der Waals surface area contributed by atoms with E-state index < -0.39 is 0 Å². The third kappa shape index (κ3) is 4.58. The Kier molecular flexibility index (Phi) is 5.95. The van der Waals surface area contributed by atoms with Gasteiger partial charge in [-0.05, 0) is 48.4 Å². The summed E-state index contributed by atoms with van der Waals surface area (Å²) in [5, 5.41) is 14.3. The second-order valence-electron chi connectivity index (χ2n) is 5.75. The SMILES string of the molecule is CCCCCNC(=O)C1CCC(Cn2cnnn2)CC1. The van der Waals surface area contributed by atoms with Crippen LogP contribution in [0.15, 0.2) is 6.33 Å². The Morgan fingerprint density at radius 3 is 2.75 bits per heavy atom. The lowest BCUT2D eigenvalue weighted by molar-refractivity contribution is -0.126. The van der Waals surface area contributed by atoms with Gasteiger partial charge in [-0.15, -0.1) is 5.10 Å². The molecule has 0 unspecified atom stereocenters. The number of tetrazole rings is 1. The largest absolute Gasteiger partial charge is 0.356 e. The fraction of sp³-hybridized carbons (Fsp3) is 0.857. The molecule has 0 aliphatic heterocycles. The second kappa shape index (κ2) is 7.97. The molecule has 1 heterocycles. The number of amides is 1. The molecule has 0 spiro atoms. The predicted octanol–water partition coefficient (Wildman–Crippen LogP) is 1.79. The van der Waals surface area contributed by atoms with Gasteiger partial charge in [0.05, 0.1) is 0 Å². The summed E-state index contributed by atoms with van der Waals surface area (Å²) < 4.78 is 1.79. The van der Waals surface area contributed by atoms with Crippen LogP contribution in [0.25, 0.3) is 0 Å². The van der Waals surface area contributed by atoms with Gasteiger partial charge in [-0.2, -0.15) is 0 Å². The summed E-state index contributed by atoms with van der Waals surface area (Å²) in [5.41, 5.74) is 0. The highest BCUT2D eigenvalue weighted by Gasteiger charge is 2.26. The maximum Gasteiger partial charge on any atom is 0.223 e. The third-order valence-corrected chi connectivity index (χ3v) is 4.13. The normalized spacial score (nSPS) is 22.6. The van der Waals surface area contributed by atoms with Crippen LogP contribution >= 0.6 is 0 Å². The van der Waals surface area contributed by atoms with Crippen LogP contribution in [0.3, 0.4) is 0 Å². The van der Waals surface area contributed by atoms with Crippen molar-refractivity contribution >= 4 is 5.91 Å². The van der Waals surface area contributed by atoms with Crippen molar-refractivity contribution in [3.8, 4) is 0 Å². The van der Waals surface area contributed by atoms with Gasteiger partial charge in [0.15, 0.2) is 0 Å². The molecular weight excluding hydrogens is 254 g/mol. The topological polar surface area (TPSA) is 72.7 Å². The van der Waals surface area contributed by atoms with Crippen molar-refractivity contribution in [2.75, 3.05) is 6.54 Å². The minimum Gasteiger partial charge on any atom is -0.356 e. The van der Waals surface area contributed by atoms with E-state index in [0.29, 0.717) is 5.92 Å². The Bertz CT molecular complexity index is 384. The van der Waals surface area contributed by atoms with Gasteiger partial charge in [0.25, 0.3) is 0 Å². The molecule has 2 rings (SSSR count). The minimum absolute atomic E-state index is 0.210. The highest BCUT2D eigenvalue weighted by molar-refractivity contribution is 5.78. The fourth-order valence-corrected chi connectivity index (χ4v) is 2.87. The van der Waals surface area contributed by atoms with Gasteiger partial charge in [-0.3, -0.25) is 4.79 Å². The molecule has 6 nitrogen and oxygen atoms in total. The number of nitrogens with one attached hydrogen (secondary N) is 1. The van der Waals surface area contributed by atoms with Crippen LogP contribution in [0.4, 0.5) is 0 Å². The van der Waals surface area contributed by atoms with Crippen molar-refractivity contribution in [1.82, 2.24) is 25.5 Å². The zero-order valence-electron chi connectivity index (χ0n) is 12.3. The molecule has 1 N–H and O–H groups in total. The number of carbonyl (C=O) groups is 1. The van der Waals surface area contributed by atoms with Crippen LogP contribution < -0.4 is 5.32 Å². The van der Waals surface area contributed by atoms with Gasteiger partial charge in [0, 0.05) is 19.0 Å². The molecule has 0 atom stereocenters. The average molecular weight is 279 g/mol. The fourth-order valence-electron chi connectivity index (χ4n) is 2.87. The molecule has 1 aliphatic rings. The first-order valence-corrected chi connectivity index (χ1v) is 7.78. The van der Waals surface area contributed by atoms with Gasteiger partial charge in [0.2, 0.25) is 5.91 Å². The first-order chi connectivity index (χ1) is 9.79. The number of aromatic nitrogens is 4. The summed E-state index contributed by atoms with van der Waals surface area (Å²) in [7, 11) is 0. The summed E-state index contributed by atoms with van der Waals surface area (Å²) in [6.07, 6.45) is 9.30. The number of unbranched alkanes of at least 4 members (excludes halogenated alkanes) is 2. The van der Waals surface area contributed by atoms with Crippen LogP contribution in [0, 0.1) is 11.8 Å². The Labute approximate surface area is 120 Å². The van der Waals surface area contributed by atoms with Crippen LogP contribution in [-0.4, -0.2) is 32.7 Å². The summed E-state index contributed by atoms with van der Waals surface area (Å²) in [5.74, 6) is 1.06. The van der Waals surface area contributed by atoms with E-state index in [2.05, 4.69) is 27.8 Å². The zero-order valence-corrected chi connectivity index (χ0v) is 12.3. The predicted molar refractivity (Wildman–Crippen MR) is 75.8 cm³/mol. The van der Waals surface area contributed by atoms with Crippen LogP contribution in [0.5, 0.6) is 0 Å². The van der Waals surface area contributed by atoms with E-state index in [9.17, 15) is 4.79 Å². The molecular formula is C14H25N5O. The standard InChI is InChI=1S/C14H25N5O/c1-2-3-4-9-15-14(20)13-7-5-12(6-8-13)10-19-11-16-17-18-19/h11-13H,2-10H2,1H3,(H,15,20). The lowest BCUT2D eigenvalue weighted by Gasteiger charge is -2.27. The lowest BCUT2D eigenvalue weighted by Crippen LogP contribution is -2.34. The van der Waals surface area contributed by atoms with Crippen molar-refractivity contribution < 1.29 is 4.79 Å². The van der Waals surface area contributed by atoms with Crippen LogP contribution in [-0.2, 0) is 11.3 Å². The van der Waals surface area contributed by atoms with E-state index in [1.807, 2.05) is 0 Å². The average Bonchev–Trinajstić information content (AvgIpc) is 2.97. The quantitative estimate of drug-likeness (QED) is 0.772. The maximum atomic E-state index is 12.0. The minimum atomic E-state index is 0.210. The van der Waals surface area contributed by atoms with Crippen LogP contribution in [0.1, 0.15) is 51.9 Å². The highest BCUT2D eigenvalue weighted by Crippen LogP contribution is 2.29. The van der Waals surface area contributed by atoms with Gasteiger partial charge >= 0.3 is 0 Å². The Morgan fingerprint density at radius 1 is 1.30 bits per heavy atom. The lowest BCUT2D eigenvalue weighted by atomic mass is 9.81. The molecule has 112 valence electrons. The van der Waals surface area contributed by atoms with E-state index in [-0.39, 0.29) is 11.8 Å². The van der Waals surface area contributed by atoms with E-state index >= 15 is 0 Å². The van der Waals surface area contributed by atoms with Gasteiger partial charge < -0.3 is 5.32 Å². The van der Waals surface area contributed by atoms with Crippen molar-refractivity contribution in [3.63, 3.8) is 0 Å². The Morgan fingerprint density at radius 2 is 2.10 bits per heavy atom. The molecule has 1 amide bonds. The highest BCUT2D eigenvalue weighted by atomic mass is 16.1. The van der Waals surface area contributed by atoms with Crippen molar-refractivity contribution in [3.05, 3.63) is 6.33 Å². The van der Waals surface area contributed by atoms with Gasteiger partial charge in [-0.1, -0.05) is 19.8 Å². The van der Waals surface area contributed by atoms with E-state index in [0.717, 1.165) is 45.2 Å². The first kappa shape index (κ1) is 14.9. The molecule has 1 aromatic rings. The number of hydrogen-bond donors (Lipinski definition) is 1. The van der Waals surface area contributed by atoms with Gasteiger partial charge in [-0.25, -0.2) is 4.68 Å². The number of hydrogen-bond acceptors (Lipinski definition) is 4. The number of nitrogens with zero attached hydrogens (tertiary/aromatic N) is 4. The Hall–Kier alpha value is -1.46. The smallest absolute Gasteiger partial charge is 0.223 e. The second-order valence-corrected chi connectivity index (χ2v) is 5.75. The molecule has 1 aromatic heterocycles. The van der Waals surface area contributed by atoms with E-state index in [1.54, 1.807) is 11.0 Å². The molecule has 6 heteroatoms. The summed E-state index contributed by atoms with van der Waals surface area (Å²) >= 11 is 0. The molecule has 1 saturated carbocycles. The zero-order chi connectivity index (χ0) is 14.2. The van der Waals surface area contributed by atoms with Crippen LogP contribution in [0.2, 0.25) is 0 Å². The van der Waals surface area contributed by atoms with E-state index in [1.165, 1.54) is 12.8 Å². The summed E-state index contributed by atoms with van der Waals surface area (Å²) in [6.45, 7) is 3.88. The Balaban J connectivity index is 1.64. The van der Waals surface area contributed by atoms with Crippen molar-refractivity contribution in [2.24, 2.45) is 11.8 Å². The molecule has 0 radical (unpaired) electrons. The van der Waals surface area contributed by atoms with Crippen molar-refractivity contribution in [2.45, 2.75) is 58.4 Å². The third-order valence-electron chi connectivity index (χ3n) is 4.13. The molecule has 0 saturated heterocycles. The molecule has 0 bridgehead atoms. The number of rotatable bonds is 7. The maximum absolute atomic E-state index is 12.0. The van der Waals surface area contributed by atoms with E-state index in [4.69, 9.17) is 0 Å². The molecule has 20 heavy (non-hydrogen) atoms. The summed E-state index contributed by atoms with van der Waals surface area (Å²) in [4.78, 5) is 12.0. The van der Waals surface area contributed by atoms with Gasteiger partial charge in [0.1, 0.15) is 6.33 Å². The molecule has 0 aromatic carbocycles. The monoisotopic (exact) mass is 279 g/mol. The van der Waals surface area contributed by atoms with Crippen molar-refractivity contribution in [1.29, 1.82) is 0 Å². The molecule has 1 fully saturated rings. The first-order valence-electron chi connectivity index (χ1n) is 7.78.